The van der Waals surface area contributed by atoms with E-state index in [4.69, 9.17) is 4.99 Å². The second-order valence-corrected chi connectivity index (χ2v) is 10.3. The van der Waals surface area contributed by atoms with Crippen LogP contribution in [0.25, 0.3) is 0 Å². The summed E-state index contributed by atoms with van der Waals surface area (Å²) in [7, 11) is 0. The van der Waals surface area contributed by atoms with Crippen LogP contribution in [0, 0.1) is 5.41 Å². The maximum atomic E-state index is 4.94. The minimum atomic E-state index is -0.191. The summed E-state index contributed by atoms with van der Waals surface area (Å²) >= 11 is 0. The quantitative estimate of drug-likeness (QED) is 0.235. The van der Waals surface area contributed by atoms with Crippen molar-refractivity contribution in [2.45, 2.75) is 74.3 Å². The van der Waals surface area contributed by atoms with E-state index < -0.39 is 0 Å². The van der Waals surface area contributed by atoms with Crippen molar-refractivity contribution in [2.75, 3.05) is 17.2 Å². The zero-order valence-electron chi connectivity index (χ0n) is 23.4. The van der Waals surface area contributed by atoms with Crippen molar-refractivity contribution < 1.29 is 0 Å². The van der Waals surface area contributed by atoms with E-state index in [9.17, 15) is 0 Å². The predicted octanol–water partition coefficient (Wildman–Crippen LogP) is 8.68. The molecular formula is C31H46N4. The Balaban J connectivity index is 3.82. The van der Waals surface area contributed by atoms with Gasteiger partial charge in [0.2, 0.25) is 0 Å². The maximum Gasteiger partial charge on any atom is 0.0938 e. The van der Waals surface area contributed by atoms with Gasteiger partial charge in [-0.25, -0.2) is 0 Å². The first-order valence-corrected chi connectivity index (χ1v) is 12.3. The molecule has 2 N–H and O–H groups in total. The minimum Gasteiger partial charge on any atom is -0.373 e. The van der Waals surface area contributed by atoms with Crippen molar-refractivity contribution in [1.29, 1.82) is 0 Å². The van der Waals surface area contributed by atoms with Gasteiger partial charge in [-0.2, -0.15) is 0 Å². The second kappa shape index (κ2) is 13.7. The van der Waals surface area contributed by atoms with Crippen LogP contribution >= 0.6 is 0 Å². The van der Waals surface area contributed by atoms with Crippen LogP contribution in [0.2, 0.25) is 0 Å². The summed E-state index contributed by atoms with van der Waals surface area (Å²) in [4.78, 5) is 9.27. The number of rotatable bonds is 12. The lowest BCUT2D eigenvalue weighted by Crippen LogP contribution is -2.25. The highest BCUT2D eigenvalue weighted by Gasteiger charge is 2.22. The monoisotopic (exact) mass is 474 g/mol. The van der Waals surface area contributed by atoms with Gasteiger partial charge in [-0.3, -0.25) is 9.98 Å². The largest absolute Gasteiger partial charge is 0.373 e. The topological polar surface area (TPSA) is 48.8 Å². The van der Waals surface area contributed by atoms with Crippen molar-refractivity contribution in [1.82, 2.24) is 0 Å². The fourth-order valence-corrected chi connectivity index (χ4v) is 3.70. The summed E-state index contributed by atoms with van der Waals surface area (Å²) < 4.78 is 0. The molecule has 0 saturated heterocycles. The molecule has 0 aromatic heterocycles. The number of hydrogen-bond donors (Lipinski definition) is 2. The number of nitrogens with one attached hydrogen (secondary N) is 2. The van der Waals surface area contributed by atoms with Crippen LogP contribution in [-0.2, 0) is 0 Å². The van der Waals surface area contributed by atoms with Crippen LogP contribution in [0.15, 0.2) is 82.6 Å². The van der Waals surface area contributed by atoms with E-state index in [2.05, 4.69) is 95.3 Å². The molecule has 1 unspecified atom stereocenters. The van der Waals surface area contributed by atoms with Crippen LogP contribution in [0.4, 0.5) is 11.4 Å². The molecule has 1 aromatic carbocycles. The van der Waals surface area contributed by atoms with E-state index in [0.29, 0.717) is 5.92 Å². The van der Waals surface area contributed by atoms with Crippen molar-refractivity contribution in [3.8, 4) is 0 Å². The summed E-state index contributed by atoms with van der Waals surface area (Å²) in [5.41, 5.74) is 8.27. The summed E-state index contributed by atoms with van der Waals surface area (Å²) in [5, 5.41) is 7.11. The normalized spacial score (nSPS) is 14.3. The molecule has 0 spiro atoms. The molecule has 0 amide bonds. The molecule has 1 rings (SSSR count). The number of anilines is 2. The van der Waals surface area contributed by atoms with E-state index in [0.717, 1.165) is 46.0 Å². The molecule has 0 aliphatic carbocycles. The van der Waals surface area contributed by atoms with E-state index in [1.807, 2.05) is 39.0 Å². The van der Waals surface area contributed by atoms with Gasteiger partial charge in [0.15, 0.2) is 0 Å². The standard InChI is InChI=1S/C31H46N4/c1-13-16-17-25(21(4)5)30(28(14-2)32-12)35-24-18-26(22(6)7)29(33-15-3)27(19-24)23(8)34-20-31(9,10)11/h13-19,22,30,33,35H,3-4,12,20H2,1-2,5-11H3/b16-13-,25-17+,28-14-,34-23?. The van der Waals surface area contributed by atoms with Gasteiger partial charge in [0, 0.05) is 23.5 Å². The second-order valence-electron chi connectivity index (χ2n) is 10.3. The molecule has 0 fully saturated rings. The van der Waals surface area contributed by atoms with E-state index in [-0.39, 0.29) is 11.5 Å². The Morgan fingerprint density at radius 3 is 2.26 bits per heavy atom. The Bertz CT molecular complexity index is 1030. The molecule has 35 heavy (non-hydrogen) atoms. The molecule has 1 aromatic rings. The highest BCUT2D eigenvalue weighted by molar-refractivity contribution is 6.05. The lowest BCUT2D eigenvalue weighted by atomic mass is 9.92. The van der Waals surface area contributed by atoms with Crippen molar-refractivity contribution in [3.05, 3.63) is 83.8 Å². The predicted molar refractivity (Wildman–Crippen MR) is 159 cm³/mol. The van der Waals surface area contributed by atoms with Crippen LogP contribution in [-0.4, -0.2) is 25.0 Å². The van der Waals surface area contributed by atoms with Crippen LogP contribution < -0.4 is 10.6 Å². The first kappa shape index (κ1) is 29.9. The molecule has 4 nitrogen and oxygen atoms in total. The molecule has 0 aliphatic heterocycles. The number of nitrogens with zero attached hydrogens (tertiary/aromatic N) is 2. The van der Waals surface area contributed by atoms with Gasteiger partial charge in [-0.15, -0.1) is 0 Å². The zero-order chi connectivity index (χ0) is 26.8. The average Bonchev–Trinajstić information content (AvgIpc) is 2.78. The van der Waals surface area contributed by atoms with Crippen molar-refractivity contribution >= 4 is 23.8 Å². The molecule has 0 saturated carbocycles. The van der Waals surface area contributed by atoms with Gasteiger partial charge in [-0.05, 0) is 75.2 Å². The first-order valence-electron chi connectivity index (χ1n) is 12.3. The highest BCUT2D eigenvalue weighted by Crippen LogP contribution is 2.34. The van der Waals surface area contributed by atoms with E-state index in [1.54, 1.807) is 6.20 Å². The summed E-state index contributed by atoms with van der Waals surface area (Å²) in [6.07, 6.45) is 9.85. The number of hydrogen-bond acceptors (Lipinski definition) is 4. The third-order valence-electron chi connectivity index (χ3n) is 5.57. The summed E-state index contributed by atoms with van der Waals surface area (Å²) in [6.45, 7) is 31.8. The van der Waals surface area contributed by atoms with Gasteiger partial charge in [-0.1, -0.05) is 77.7 Å². The fourth-order valence-electron chi connectivity index (χ4n) is 3.70. The molecule has 190 valence electrons. The maximum absolute atomic E-state index is 4.94. The fraction of sp³-hybridized carbons (Fsp3) is 0.419. The molecule has 0 aliphatic rings. The average molecular weight is 475 g/mol. The first-order chi connectivity index (χ1) is 16.4. The number of aliphatic imine (C=N–C) groups is 2. The third-order valence-corrected chi connectivity index (χ3v) is 5.57. The SMILES string of the molecule is C=CNc1c(C(C)=NCC(C)(C)C)cc(NC(/C(=C/C)N=C)/C(=C/C=C\C)C(=C)C)cc1C(C)C. The van der Waals surface area contributed by atoms with Gasteiger partial charge in [0.25, 0.3) is 0 Å². The molecule has 0 heterocycles. The smallest absolute Gasteiger partial charge is 0.0938 e. The molecule has 0 radical (unpaired) electrons. The summed E-state index contributed by atoms with van der Waals surface area (Å²) in [6, 6.07) is 4.17. The Kier molecular flexibility index (Phi) is 11.7. The van der Waals surface area contributed by atoms with E-state index in [1.165, 1.54) is 5.56 Å². The molecular weight excluding hydrogens is 428 g/mol. The Morgan fingerprint density at radius 2 is 1.80 bits per heavy atom. The van der Waals surface area contributed by atoms with E-state index >= 15 is 0 Å². The lowest BCUT2D eigenvalue weighted by Gasteiger charge is -2.26. The Morgan fingerprint density at radius 1 is 1.14 bits per heavy atom. The van der Waals surface area contributed by atoms with Crippen molar-refractivity contribution in [3.63, 3.8) is 0 Å². The lowest BCUT2D eigenvalue weighted by molar-refractivity contribution is 0.429. The summed E-state index contributed by atoms with van der Waals surface area (Å²) in [5.74, 6) is 0.296. The van der Waals surface area contributed by atoms with Gasteiger partial charge in [0.1, 0.15) is 0 Å². The Labute approximate surface area is 214 Å². The van der Waals surface area contributed by atoms with Crippen molar-refractivity contribution in [2.24, 2.45) is 15.4 Å². The Hall–Kier alpha value is -3.14. The zero-order valence-corrected chi connectivity index (χ0v) is 23.4. The highest BCUT2D eigenvalue weighted by atomic mass is 15.0. The van der Waals surface area contributed by atoms with Gasteiger partial charge < -0.3 is 10.6 Å². The van der Waals surface area contributed by atoms with Crippen LogP contribution in [0.3, 0.4) is 0 Å². The molecule has 4 heteroatoms. The molecule has 0 bridgehead atoms. The van der Waals surface area contributed by atoms with Gasteiger partial charge in [0.05, 0.1) is 17.4 Å². The van der Waals surface area contributed by atoms with Crippen LogP contribution in [0.1, 0.15) is 79.4 Å². The third kappa shape index (κ3) is 8.86. The number of allylic oxidation sites excluding steroid dienone is 4. The number of benzene rings is 1. The molecule has 1 atom stereocenters. The minimum absolute atomic E-state index is 0.111. The van der Waals surface area contributed by atoms with Crippen LogP contribution in [0.5, 0.6) is 0 Å². The van der Waals surface area contributed by atoms with Gasteiger partial charge >= 0.3 is 0 Å².